The summed E-state index contributed by atoms with van der Waals surface area (Å²) in [5, 5.41) is 11.2. The molecular weight excluding hydrogens is 310 g/mol. The number of carbonyl (C=O) groups excluding carboxylic acids is 1. The van der Waals surface area contributed by atoms with Crippen LogP contribution in [0, 0.1) is 0 Å². The lowest BCUT2D eigenvalue weighted by atomic mass is 10.4. The number of rotatable bonds is 10. The summed E-state index contributed by atoms with van der Waals surface area (Å²) in [6, 6.07) is 0. The van der Waals surface area contributed by atoms with E-state index in [1.165, 1.54) is 23.1 Å². The lowest BCUT2D eigenvalue weighted by molar-refractivity contribution is -0.120. The van der Waals surface area contributed by atoms with E-state index >= 15 is 0 Å². The molecule has 1 amide bonds. The van der Waals surface area contributed by atoms with Gasteiger partial charge in [0, 0.05) is 19.8 Å². The summed E-state index contributed by atoms with van der Waals surface area (Å²) in [5.41, 5.74) is 0. The Labute approximate surface area is 134 Å². The molecule has 0 bridgehead atoms. The van der Waals surface area contributed by atoms with Gasteiger partial charge >= 0.3 is 0 Å². The van der Waals surface area contributed by atoms with Gasteiger partial charge in [-0.1, -0.05) is 16.9 Å². The van der Waals surface area contributed by atoms with E-state index in [1.54, 1.807) is 0 Å². The van der Waals surface area contributed by atoms with Crippen molar-refractivity contribution in [1.82, 2.24) is 15.5 Å². The third-order valence-corrected chi connectivity index (χ3v) is 4.34. The number of hydrogen-bond acceptors (Lipinski definition) is 7. The topological polar surface area (TPSA) is 73.3 Å². The van der Waals surface area contributed by atoms with Gasteiger partial charge in [-0.2, -0.15) is 0 Å². The molecule has 1 aromatic rings. The number of nitrogens with zero attached hydrogens (tertiary/aromatic N) is 2. The highest BCUT2D eigenvalue weighted by Crippen LogP contribution is 2.30. The molecule has 0 saturated heterocycles. The molecular formula is C13H23N3O3S2. The minimum absolute atomic E-state index is 0.00183. The van der Waals surface area contributed by atoms with Crippen molar-refractivity contribution in [3.8, 4) is 5.19 Å². The Morgan fingerprint density at radius 1 is 1.38 bits per heavy atom. The van der Waals surface area contributed by atoms with Crippen molar-refractivity contribution in [3.05, 3.63) is 0 Å². The Morgan fingerprint density at radius 2 is 2.14 bits per heavy atom. The summed E-state index contributed by atoms with van der Waals surface area (Å²) in [6.07, 6.45) is 0.893. The quantitative estimate of drug-likeness (QED) is 0.523. The van der Waals surface area contributed by atoms with E-state index < -0.39 is 0 Å². The maximum Gasteiger partial charge on any atom is 0.295 e. The van der Waals surface area contributed by atoms with Gasteiger partial charge in [0.25, 0.3) is 5.19 Å². The Kier molecular flexibility index (Phi) is 8.63. The lowest BCUT2D eigenvalue weighted by Gasteiger charge is -2.10. The molecule has 1 heterocycles. The van der Waals surface area contributed by atoms with Gasteiger partial charge in [0.2, 0.25) is 5.91 Å². The second-order valence-electron chi connectivity index (χ2n) is 4.60. The number of carbonyl (C=O) groups is 1. The first-order valence-corrected chi connectivity index (χ1v) is 8.74. The SMILES string of the molecule is CCOCCCNC(=O)[C@H](C)Sc1nnc(OC(C)C)s1. The van der Waals surface area contributed by atoms with Crippen LogP contribution in [0.4, 0.5) is 0 Å². The largest absolute Gasteiger partial charge is 0.466 e. The number of aromatic nitrogens is 2. The Morgan fingerprint density at radius 3 is 2.81 bits per heavy atom. The summed E-state index contributed by atoms with van der Waals surface area (Å²) >= 11 is 2.75. The summed E-state index contributed by atoms with van der Waals surface area (Å²) in [7, 11) is 0. The molecule has 1 rings (SSSR count). The molecule has 0 spiro atoms. The maximum absolute atomic E-state index is 11.9. The number of thioether (sulfide) groups is 1. The average molecular weight is 333 g/mol. The fourth-order valence-corrected chi connectivity index (χ4v) is 3.35. The van der Waals surface area contributed by atoms with Crippen molar-refractivity contribution >= 4 is 29.0 Å². The zero-order valence-electron chi connectivity index (χ0n) is 12.9. The second kappa shape index (κ2) is 9.97. The molecule has 0 unspecified atom stereocenters. The number of hydrogen-bond donors (Lipinski definition) is 1. The van der Waals surface area contributed by atoms with Crippen LogP contribution < -0.4 is 10.1 Å². The van der Waals surface area contributed by atoms with Crippen molar-refractivity contribution in [2.24, 2.45) is 0 Å². The van der Waals surface area contributed by atoms with E-state index in [1.807, 2.05) is 27.7 Å². The highest BCUT2D eigenvalue weighted by Gasteiger charge is 2.17. The predicted octanol–water partition coefficient (Wildman–Crippen LogP) is 2.35. The van der Waals surface area contributed by atoms with Crippen molar-refractivity contribution in [2.75, 3.05) is 19.8 Å². The molecule has 0 fully saturated rings. The lowest BCUT2D eigenvalue weighted by Crippen LogP contribution is -2.32. The molecule has 0 aliphatic rings. The van der Waals surface area contributed by atoms with Crippen molar-refractivity contribution < 1.29 is 14.3 Å². The third-order valence-electron chi connectivity index (χ3n) is 2.34. The highest BCUT2D eigenvalue weighted by molar-refractivity contribution is 8.02. The minimum Gasteiger partial charge on any atom is -0.466 e. The number of amides is 1. The van der Waals surface area contributed by atoms with Crippen molar-refractivity contribution in [1.29, 1.82) is 0 Å². The number of nitrogens with one attached hydrogen (secondary N) is 1. The summed E-state index contributed by atoms with van der Waals surface area (Å²) in [5.74, 6) is -0.00183. The zero-order chi connectivity index (χ0) is 15.7. The van der Waals surface area contributed by atoms with E-state index in [2.05, 4.69) is 15.5 Å². The van der Waals surface area contributed by atoms with Gasteiger partial charge in [-0.25, -0.2) is 0 Å². The molecule has 0 saturated carbocycles. The molecule has 1 aromatic heterocycles. The van der Waals surface area contributed by atoms with E-state index in [4.69, 9.17) is 9.47 Å². The third kappa shape index (κ3) is 7.63. The van der Waals surface area contributed by atoms with E-state index in [0.29, 0.717) is 25.0 Å². The van der Waals surface area contributed by atoms with Crippen LogP contribution in [0.1, 0.15) is 34.1 Å². The fraction of sp³-hybridized carbons (Fsp3) is 0.769. The molecule has 1 atom stereocenters. The predicted molar refractivity (Wildman–Crippen MR) is 85.1 cm³/mol. The first kappa shape index (κ1) is 18.2. The van der Waals surface area contributed by atoms with E-state index in [9.17, 15) is 4.79 Å². The van der Waals surface area contributed by atoms with Gasteiger partial charge in [-0.15, -0.1) is 5.10 Å². The molecule has 0 aliphatic carbocycles. The first-order chi connectivity index (χ1) is 10.0. The van der Waals surface area contributed by atoms with Crippen LogP contribution in [-0.2, 0) is 9.53 Å². The van der Waals surface area contributed by atoms with Gasteiger partial charge in [-0.05, 0) is 45.5 Å². The van der Waals surface area contributed by atoms with Crippen molar-refractivity contribution in [2.45, 2.75) is 49.8 Å². The van der Waals surface area contributed by atoms with E-state index in [-0.39, 0.29) is 17.3 Å². The van der Waals surface area contributed by atoms with Crippen LogP contribution in [0.3, 0.4) is 0 Å². The van der Waals surface area contributed by atoms with Crippen molar-refractivity contribution in [3.63, 3.8) is 0 Å². The van der Waals surface area contributed by atoms with Crippen LogP contribution in [-0.4, -0.2) is 47.2 Å². The van der Waals surface area contributed by atoms with Crippen LogP contribution in [0.25, 0.3) is 0 Å². The second-order valence-corrected chi connectivity index (χ2v) is 7.13. The number of ether oxygens (including phenoxy) is 2. The van der Waals surface area contributed by atoms with Gasteiger partial charge in [-0.3, -0.25) is 4.79 Å². The molecule has 0 aromatic carbocycles. The zero-order valence-corrected chi connectivity index (χ0v) is 14.6. The summed E-state index contributed by atoms with van der Waals surface area (Å²) in [4.78, 5) is 11.9. The van der Waals surface area contributed by atoms with Crippen LogP contribution in [0.5, 0.6) is 5.19 Å². The standard InChI is InChI=1S/C13H23N3O3S2/c1-5-18-8-6-7-14-11(17)10(4)20-13-16-15-12(21-13)19-9(2)3/h9-10H,5-8H2,1-4H3,(H,14,17)/t10-/m0/s1. The summed E-state index contributed by atoms with van der Waals surface area (Å²) in [6.45, 7) is 9.69. The first-order valence-electron chi connectivity index (χ1n) is 7.05. The molecule has 1 N–H and O–H groups in total. The summed E-state index contributed by atoms with van der Waals surface area (Å²) < 4.78 is 11.4. The molecule has 8 heteroatoms. The smallest absolute Gasteiger partial charge is 0.295 e. The molecule has 0 radical (unpaired) electrons. The molecule has 21 heavy (non-hydrogen) atoms. The van der Waals surface area contributed by atoms with E-state index in [0.717, 1.165) is 10.8 Å². The van der Waals surface area contributed by atoms with Crippen LogP contribution in [0.15, 0.2) is 4.34 Å². The Balaban J connectivity index is 2.29. The Bertz CT molecular complexity index is 427. The average Bonchev–Trinajstić information content (AvgIpc) is 2.84. The van der Waals surface area contributed by atoms with Gasteiger partial charge in [0.05, 0.1) is 11.4 Å². The van der Waals surface area contributed by atoms with Crippen LogP contribution in [0.2, 0.25) is 0 Å². The fourth-order valence-electron chi connectivity index (χ4n) is 1.37. The van der Waals surface area contributed by atoms with Crippen LogP contribution >= 0.6 is 23.1 Å². The monoisotopic (exact) mass is 333 g/mol. The normalized spacial score (nSPS) is 12.4. The Hall–Kier alpha value is -0.860. The van der Waals surface area contributed by atoms with Gasteiger partial charge in [0.15, 0.2) is 4.34 Å². The highest BCUT2D eigenvalue weighted by atomic mass is 32.2. The van der Waals surface area contributed by atoms with Gasteiger partial charge < -0.3 is 14.8 Å². The molecule has 6 nitrogen and oxygen atoms in total. The molecule has 0 aliphatic heterocycles. The molecule has 120 valence electrons. The maximum atomic E-state index is 11.9. The van der Waals surface area contributed by atoms with Gasteiger partial charge in [0.1, 0.15) is 0 Å². The minimum atomic E-state index is -0.211.